The van der Waals surface area contributed by atoms with Crippen LogP contribution < -0.4 is 10.6 Å². The second-order valence-electron chi connectivity index (χ2n) is 9.50. The van der Waals surface area contributed by atoms with E-state index in [0.717, 1.165) is 63.6 Å². The van der Waals surface area contributed by atoms with Crippen LogP contribution in [0.2, 0.25) is 0 Å². The highest BCUT2D eigenvalue weighted by molar-refractivity contribution is 5.78. The third kappa shape index (κ3) is 22.5. The van der Waals surface area contributed by atoms with Crippen LogP contribution in [0.3, 0.4) is 0 Å². The Balaban J connectivity index is 1.95. The number of unbranched alkanes of at least 4 members (excludes halogenated alkanes) is 1. The highest BCUT2D eigenvalue weighted by Gasteiger charge is 2.03. The molecule has 0 unspecified atom stereocenters. The lowest BCUT2D eigenvalue weighted by atomic mass is 10.2. The number of nitrogens with one attached hydrogen (secondary N) is 2. The first-order chi connectivity index (χ1) is 19.6. The van der Waals surface area contributed by atoms with Gasteiger partial charge in [0.25, 0.3) is 0 Å². The number of carbonyl (C=O) groups is 2. The van der Waals surface area contributed by atoms with Crippen molar-refractivity contribution in [3.8, 4) is 0 Å². The van der Waals surface area contributed by atoms with Crippen LogP contribution in [0.15, 0.2) is 91.4 Å². The van der Waals surface area contributed by atoms with E-state index < -0.39 is 0 Å². The van der Waals surface area contributed by atoms with Crippen molar-refractivity contribution in [2.45, 2.75) is 64.7 Å². The molecular weight excluding hydrogens is 496 g/mol. The Labute approximate surface area is 242 Å². The van der Waals surface area contributed by atoms with E-state index in [1.807, 2.05) is 31.3 Å². The van der Waals surface area contributed by atoms with Gasteiger partial charge < -0.3 is 15.5 Å². The molecular formula is C34H50N4O2. The zero-order valence-electron chi connectivity index (χ0n) is 24.6. The number of aromatic nitrogens is 1. The van der Waals surface area contributed by atoms with Crippen molar-refractivity contribution in [1.29, 1.82) is 0 Å². The average Bonchev–Trinajstić information content (AvgIpc) is 2.95. The monoisotopic (exact) mass is 546 g/mol. The summed E-state index contributed by atoms with van der Waals surface area (Å²) in [5, 5.41) is 5.90. The van der Waals surface area contributed by atoms with Crippen LogP contribution in [0.1, 0.15) is 70.3 Å². The van der Waals surface area contributed by atoms with Gasteiger partial charge in [0.05, 0.1) is 0 Å². The van der Waals surface area contributed by atoms with Crippen LogP contribution in [0.25, 0.3) is 6.08 Å². The molecule has 0 aliphatic rings. The topological polar surface area (TPSA) is 74.3 Å². The lowest BCUT2D eigenvalue weighted by Crippen LogP contribution is -2.37. The fraction of sp³-hybridized carbons (Fsp3) is 0.441. The first-order valence-electron chi connectivity index (χ1n) is 14.6. The SMILES string of the molecule is CCC=CCC=CCC=CCC=CCC=CCCCC(=O)NCCN(C)CCNC(=O)CC=Cc1cccnc1. The minimum Gasteiger partial charge on any atom is -0.355 e. The Kier molecular flexibility index (Phi) is 22.2. The van der Waals surface area contributed by atoms with Gasteiger partial charge in [0.1, 0.15) is 0 Å². The number of hydrogen-bond acceptors (Lipinski definition) is 4. The Morgan fingerprint density at radius 3 is 1.95 bits per heavy atom. The van der Waals surface area contributed by atoms with Crippen LogP contribution in [0.4, 0.5) is 0 Å². The van der Waals surface area contributed by atoms with Crippen LogP contribution in [0, 0.1) is 0 Å². The van der Waals surface area contributed by atoms with Gasteiger partial charge in [-0.15, -0.1) is 0 Å². The molecule has 0 fully saturated rings. The molecule has 0 aliphatic carbocycles. The molecule has 0 radical (unpaired) electrons. The van der Waals surface area contributed by atoms with E-state index >= 15 is 0 Å². The lowest BCUT2D eigenvalue weighted by Gasteiger charge is -2.17. The summed E-state index contributed by atoms with van der Waals surface area (Å²) in [6.07, 6.45) is 36.8. The van der Waals surface area contributed by atoms with Crippen LogP contribution in [-0.4, -0.2) is 54.9 Å². The molecule has 1 aromatic rings. The minimum atomic E-state index is -0.00523. The van der Waals surface area contributed by atoms with Gasteiger partial charge >= 0.3 is 0 Å². The summed E-state index contributed by atoms with van der Waals surface area (Å²) in [5.41, 5.74) is 0.978. The number of likely N-dealkylation sites (N-methyl/N-ethyl adjacent to an activating group) is 1. The standard InChI is InChI=1S/C34H50N4O2/c1-3-4-5-6-7-8-9-10-11-12-13-14-15-16-17-18-19-24-33(39)36-27-29-38(2)30-28-37-34(40)25-20-22-32-23-21-26-35-31-32/h4-5,7-8,10-11,13-14,16-17,20-23,26,31H,3,6,9,12,15,18-19,24-25,27-30H2,1-2H3,(H,36,39)(H,37,40). The van der Waals surface area contributed by atoms with E-state index in [1.165, 1.54) is 0 Å². The van der Waals surface area contributed by atoms with E-state index in [9.17, 15) is 9.59 Å². The second-order valence-corrected chi connectivity index (χ2v) is 9.50. The van der Waals surface area contributed by atoms with E-state index in [1.54, 1.807) is 12.4 Å². The third-order valence-corrected chi connectivity index (χ3v) is 5.86. The van der Waals surface area contributed by atoms with Gasteiger partial charge in [0, 0.05) is 51.4 Å². The van der Waals surface area contributed by atoms with Crippen molar-refractivity contribution in [2.24, 2.45) is 0 Å². The molecule has 0 saturated heterocycles. The van der Waals surface area contributed by atoms with Crippen molar-refractivity contribution in [2.75, 3.05) is 33.2 Å². The number of nitrogens with zero attached hydrogens (tertiary/aromatic N) is 2. The molecule has 0 aromatic carbocycles. The van der Waals surface area contributed by atoms with Crippen LogP contribution in [-0.2, 0) is 9.59 Å². The highest BCUT2D eigenvalue weighted by atomic mass is 16.2. The number of pyridine rings is 1. The number of rotatable bonds is 22. The molecule has 2 N–H and O–H groups in total. The average molecular weight is 547 g/mol. The summed E-state index contributed by atoms with van der Waals surface area (Å²) >= 11 is 0. The van der Waals surface area contributed by atoms with Crippen molar-refractivity contribution in [3.63, 3.8) is 0 Å². The van der Waals surface area contributed by atoms with Crippen molar-refractivity contribution in [3.05, 3.63) is 96.9 Å². The van der Waals surface area contributed by atoms with E-state index in [4.69, 9.17) is 0 Å². The lowest BCUT2D eigenvalue weighted by molar-refractivity contribution is -0.121. The quantitative estimate of drug-likeness (QED) is 0.127. The van der Waals surface area contributed by atoms with Gasteiger partial charge in [-0.2, -0.15) is 0 Å². The van der Waals surface area contributed by atoms with Crippen LogP contribution in [0.5, 0.6) is 0 Å². The first-order valence-corrected chi connectivity index (χ1v) is 14.6. The third-order valence-electron chi connectivity index (χ3n) is 5.86. The predicted molar refractivity (Wildman–Crippen MR) is 170 cm³/mol. The summed E-state index contributed by atoms with van der Waals surface area (Å²) in [4.78, 5) is 30.1. The number of allylic oxidation sites excluding steroid dienone is 10. The number of hydrogen-bond donors (Lipinski definition) is 2. The first kappa shape index (κ1) is 34.5. The molecule has 0 atom stereocenters. The molecule has 0 spiro atoms. The van der Waals surface area contributed by atoms with Gasteiger partial charge in [0.2, 0.25) is 11.8 Å². The smallest absolute Gasteiger partial charge is 0.223 e. The van der Waals surface area contributed by atoms with Crippen molar-refractivity contribution < 1.29 is 9.59 Å². The maximum absolute atomic E-state index is 12.0. The van der Waals surface area contributed by atoms with E-state index in [-0.39, 0.29) is 11.8 Å². The van der Waals surface area contributed by atoms with Gasteiger partial charge in [-0.1, -0.05) is 85.9 Å². The van der Waals surface area contributed by atoms with Gasteiger partial charge in [-0.05, 0) is 63.6 Å². The summed E-state index contributed by atoms with van der Waals surface area (Å²) < 4.78 is 0. The Morgan fingerprint density at radius 2 is 1.38 bits per heavy atom. The molecule has 1 heterocycles. The van der Waals surface area contributed by atoms with E-state index in [2.05, 4.69) is 88.2 Å². The summed E-state index contributed by atoms with van der Waals surface area (Å²) in [5.74, 6) is 0.0869. The van der Waals surface area contributed by atoms with Crippen molar-refractivity contribution >= 4 is 17.9 Å². The molecule has 6 nitrogen and oxygen atoms in total. The molecule has 1 aromatic heterocycles. The van der Waals surface area contributed by atoms with E-state index in [0.29, 0.717) is 25.9 Å². The highest BCUT2D eigenvalue weighted by Crippen LogP contribution is 2.01. The maximum Gasteiger partial charge on any atom is 0.223 e. The second kappa shape index (κ2) is 25.8. The van der Waals surface area contributed by atoms with Gasteiger partial charge in [0.15, 0.2) is 0 Å². The molecule has 0 aliphatic heterocycles. The maximum atomic E-state index is 12.0. The normalized spacial score (nSPS) is 12.4. The van der Waals surface area contributed by atoms with Crippen LogP contribution >= 0.6 is 0 Å². The van der Waals surface area contributed by atoms with Gasteiger partial charge in [-0.3, -0.25) is 14.6 Å². The molecule has 218 valence electrons. The van der Waals surface area contributed by atoms with Crippen molar-refractivity contribution in [1.82, 2.24) is 20.5 Å². The zero-order valence-corrected chi connectivity index (χ0v) is 24.6. The Hall–Kier alpha value is -3.51. The molecule has 2 amide bonds. The zero-order chi connectivity index (χ0) is 28.9. The largest absolute Gasteiger partial charge is 0.355 e. The summed E-state index contributed by atoms with van der Waals surface area (Å²) in [6.45, 7) is 4.82. The summed E-state index contributed by atoms with van der Waals surface area (Å²) in [6, 6.07) is 3.81. The Bertz CT molecular complexity index is 961. The Morgan fingerprint density at radius 1 is 0.800 bits per heavy atom. The minimum absolute atomic E-state index is 0.00523. The molecule has 0 saturated carbocycles. The fourth-order valence-corrected chi connectivity index (χ4v) is 3.57. The summed E-state index contributed by atoms with van der Waals surface area (Å²) in [7, 11) is 1.99. The molecule has 1 rings (SSSR count). The molecule has 40 heavy (non-hydrogen) atoms. The van der Waals surface area contributed by atoms with Gasteiger partial charge in [-0.25, -0.2) is 0 Å². The number of carbonyl (C=O) groups excluding carboxylic acids is 2. The molecule has 0 bridgehead atoms. The molecule has 6 heteroatoms. The predicted octanol–water partition coefficient (Wildman–Crippen LogP) is 6.57. The fourth-order valence-electron chi connectivity index (χ4n) is 3.57. The number of amides is 2.